The van der Waals surface area contributed by atoms with Gasteiger partial charge in [-0.05, 0) is 44.2 Å². The molecule has 1 aliphatic rings. The van der Waals surface area contributed by atoms with Gasteiger partial charge in [0.1, 0.15) is 22.8 Å². The van der Waals surface area contributed by atoms with E-state index >= 15 is 0 Å². The molecule has 2 aromatic rings. The van der Waals surface area contributed by atoms with Crippen LogP contribution in [0.3, 0.4) is 0 Å². The van der Waals surface area contributed by atoms with E-state index in [0.717, 1.165) is 6.42 Å². The fraction of sp³-hybridized carbons (Fsp3) is 0.346. The lowest BCUT2D eigenvalue weighted by molar-refractivity contribution is -0.119. The normalized spacial score (nSPS) is 18.7. The minimum absolute atomic E-state index is 0.0583. The zero-order valence-corrected chi connectivity index (χ0v) is 18.2. The van der Waals surface area contributed by atoms with Crippen LogP contribution in [-0.2, 0) is 9.53 Å². The topological polar surface area (TPSA) is 89.9 Å². The van der Waals surface area contributed by atoms with Crippen LogP contribution in [0.4, 0.5) is 0 Å². The molecule has 2 aromatic carbocycles. The molecule has 6 heteroatoms. The molecule has 0 fully saturated rings. The van der Waals surface area contributed by atoms with Crippen molar-refractivity contribution >= 4 is 23.6 Å². The van der Waals surface area contributed by atoms with Gasteiger partial charge in [0.2, 0.25) is 0 Å². The Morgan fingerprint density at radius 2 is 1.88 bits per heavy atom. The highest BCUT2D eigenvalue weighted by Gasteiger charge is 2.21. The van der Waals surface area contributed by atoms with E-state index in [0.29, 0.717) is 43.2 Å². The van der Waals surface area contributed by atoms with Crippen molar-refractivity contribution in [3.05, 3.63) is 65.2 Å². The number of hydrogen-bond donors (Lipinski definition) is 1. The van der Waals surface area contributed by atoms with Gasteiger partial charge in [0, 0.05) is 24.5 Å². The van der Waals surface area contributed by atoms with E-state index in [1.165, 1.54) is 6.07 Å². The Hall–Kier alpha value is -3.41. The number of ketones is 2. The number of hydrogen-bond acceptors (Lipinski definition) is 6. The van der Waals surface area contributed by atoms with E-state index < -0.39 is 5.97 Å². The van der Waals surface area contributed by atoms with Crippen molar-refractivity contribution in [2.24, 2.45) is 0 Å². The van der Waals surface area contributed by atoms with Gasteiger partial charge in [0.25, 0.3) is 0 Å². The Balaban J connectivity index is 1.82. The van der Waals surface area contributed by atoms with Crippen molar-refractivity contribution in [1.29, 1.82) is 0 Å². The molecule has 0 spiro atoms. The van der Waals surface area contributed by atoms with Crippen LogP contribution in [0.5, 0.6) is 11.5 Å². The van der Waals surface area contributed by atoms with Crippen molar-refractivity contribution in [3.63, 3.8) is 0 Å². The average molecular weight is 437 g/mol. The minimum Gasteiger partial charge on any atom is -0.507 e. The molecule has 0 saturated heterocycles. The molecule has 0 radical (unpaired) electrons. The first-order valence-corrected chi connectivity index (χ1v) is 10.9. The Kier molecular flexibility index (Phi) is 8.20. The molecule has 1 N–H and O–H groups in total. The molecular formula is C26H28O6. The van der Waals surface area contributed by atoms with E-state index in [-0.39, 0.29) is 41.3 Å². The van der Waals surface area contributed by atoms with Crippen LogP contribution >= 0.6 is 0 Å². The van der Waals surface area contributed by atoms with E-state index in [2.05, 4.69) is 0 Å². The Bertz CT molecular complexity index is 993. The van der Waals surface area contributed by atoms with E-state index in [4.69, 9.17) is 9.47 Å². The maximum absolute atomic E-state index is 12.8. The van der Waals surface area contributed by atoms with Crippen LogP contribution in [0.1, 0.15) is 71.7 Å². The molecule has 6 nitrogen and oxygen atoms in total. The predicted octanol–water partition coefficient (Wildman–Crippen LogP) is 5.14. The summed E-state index contributed by atoms with van der Waals surface area (Å²) in [6.07, 6.45) is 6.80. The van der Waals surface area contributed by atoms with Crippen molar-refractivity contribution in [2.45, 2.75) is 51.6 Å². The molecule has 1 aliphatic heterocycles. The largest absolute Gasteiger partial charge is 0.507 e. The number of cyclic esters (lactones) is 1. The Morgan fingerprint density at radius 3 is 2.66 bits per heavy atom. The summed E-state index contributed by atoms with van der Waals surface area (Å²) in [5.41, 5.74) is 1.03. The second kappa shape index (κ2) is 11.3. The van der Waals surface area contributed by atoms with E-state index in [1.807, 2.05) is 12.1 Å². The maximum Gasteiger partial charge on any atom is 0.342 e. The van der Waals surface area contributed by atoms with Crippen LogP contribution in [0.15, 0.2) is 48.5 Å². The number of carbonyl (C=O) groups excluding carboxylic acids is 3. The molecule has 0 unspecified atom stereocenters. The Labute approximate surface area is 187 Å². The number of phenols is 1. The summed E-state index contributed by atoms with van der Waals surface area (Å²) in [5, 5.41) is 10.6. The summed E-state index contributed by atoms with van der Waals surface area (Å²) in [4.78, 5) is 37.0. The molecule has 1 heterocycles. The van der Waals surface area contributed by atoms with Crippen molar-refractivity contribution in [1.82, 2.24) is 0 Å². The summed E-state index contributed by atoms with van der Waals surface area (Å²) in [7, 11) is 0. The predicted molar refractivity (Wildman–Crippen MR) is 121 cm³/mol. The number of carbonyl (C=O) groups is 3. The first-order chi connectivity index (χ1) is 15.4. The minimum atomic E-state index is -0.634. The molecule has 32 heavy (non-hydrogen) atoms. The lowest BCUT2D eigenvalue weighted by Gasteiger charge is -2.16. The lowest BCUT2D eigenvalue weighted by atomic mass is 10.0. The monoisotopic (exact) mass is 436 g/mol. The van der Waals surface area contributed by atoms with Crippen LogP contribution in [0, 0.1) is 0 Å². The number of benzene rings is 2. The Morgan fingerprint density at radius 1 is 1.12 bits per heavy atom. The highest BCUT2D eigenvalue weighted by molar-refractivity contribution is 5.98. The first-order valence-electron chi connectivity index (χ1n) is 10.9. The zero-order chi connectivity index (χ0) is 22.9. The quantitative estimate of drug-likeness (QED) is 0.527. The third-order valence-corrected chi connectivity index (χ3v) is 5.29. The maximum atomic E-state index is 12.8. The first kappa shape index (κ1) is 23.3. The number of allylic oxidation sites excluding steroid dienone is 1. The summed E-state index contributed by atoms with van der Waals surface area (Å²) in [6, 6.07) is 11.7. The van der Waals surface area contributed by atoms with Gasteiger partial charge in [-0.2, -0.15) is 0 Å². The fourth-order valence-corrected chi connectivity index (χ4v) is 3.56. The van der Waals surface area contributed by atoms with Gasteiger partial charge in [0.15, 0.2) is 12.4 Å². The third kappa shape index (κ3) is 6.54. The molecule has 0 aliphatic carbocycles. The van der Waals surface area contributed by atoms with Gasteiger partial charge in [-0.3, -0.25) is 9.59 Å². The van der Waals surface area contributed by atoms with Gasteiger partial charge in [-0.25, -0.2) is 4.79 Å². The highest BCUT2D eigenvalue weighted by Crippen LogP contribution is 2.31. The molecule has 1 atom stereocenters. The standard InChI is InChI=1S/C26H28O6/c1-18-9-8-14-21(27)13-7-3-6-12-20-15-22(16-23(28)25(20)26(30)32-18)31-17-24(29)19-10-4-2-5-11-19/h2,4-6,10-12,15-16,18,28H,3,7-9,13-14,17H2,1H3/b12-6+/t18-/m1/s1. The van der Waals surface area contributed by atoms with E-state index in [9.17, 15) is 19.5 Å². The van der Waals surface area contributed by atoms with E-state index in [1.54, 1.807) is 43.3 Å². The molecule has 0 saturated carbocycles. The SMILES string of the molecule is C[C@@H]1CCCC(=O)CCC/C=C/c2cc(OCC(=O)c3ccccc3)cc(O)c2C(=O)O1. The smallest absolute Gasteiger partial charge is 0.342 e. The number of ether oxygens (including phenoxy) is 2. The van der Waals surface area contributed by atoms with Crippen LogP contribution < -0.4 is 4.74 Å². The summed E-state index contributed by atoms with van der Waals surface area (Å²) >= 11 is 0. The van der Waals surface area contributed by atoms with Crippen LogP contribution in [-0.4, -0.2) is 35.4 Å². The van der Waals surface area contributed by atoms with Gasteiger partial charge in [0.05, 0.1) is 6.10 Å². The second-order valence-electron chi connectivity index (χ2n) is 7.93. The van der Waals surface area contributed by atoms with Crippen molar-refractivity contribution in [2.75, 3.05) is 6.61 Å². The number of fused-ring (bicyclic) bond motifs is 1. The molecule has 168 valence electrons. The van der Waals surface area contributed by atoms with Gasteiger partial charge in [-0.1, -0.05) is 42.5 Å². The van der Waals surface area contributed by atoms with Gasteiger partial charge < -0.3 is 14.6 Å². The number of esters is 1. The molecule has 3 rings (SSSR count). The number of aromatic hydroxyl groups is 1. The molecule has 0 amide bonds. The van der Waals surface area contributed by atoms with Gasteiger partial charge >= 0.3 is 5.97 Å². The number of phenolic OH excluding ortho intramolecular Hbond substituents is 1. The van der Waals surface area contributed by atoms with Gasteiger partial charge in [-0.15, -0.1) is 0 Å². The second-order valence-corrected chi connectivity index (χ2v) is 7.93. The molecule has 0 bridgehead atoms. The summed E-state index contributed by atoms with van der Waals surface area (Å²) in [6.45, 7) is 1.57. The highest BCUT2D eigenvalue weighted by atomic mass is 16.5. The number of rotatable bonds is 4. The number of Topliss-reactive ketones (excluding diaryl/α,β-unsaturated/α-hetero) is 2. The molecule has 0 aromatic heterocycles. The van der Waals surface area contributed by atoms with Crippen LogP contribution in [0.25, 0.3) is 6.08 Å². The molecular weight excluding hydrogens is 408 g/mol. The van der Waals surface area contributed by atoms with Crippen LogP contribution in [0.2, 0.25) is 0 Å². The van der Waals surface area contributed by atoms with Crippen molar-refractivity contribution in [3.8, 4) is 11.5 Å². The zero-order valence-electron chi connectivity index (χ0n) is 18.2. The summed E-state index contributed by atoms with van der Waals surface area (Å²) in [5.74, 6) is -0.615. The average Bonchev–Trinajstić information content (AvgIpc) is 2.77. The lowest BCUT2D eigenvalue weighted by Crippen LogP contribution is -2.17. The third-order valence-electron chi connectivity index (χ3n) is 5.29. The fourth-order valence-electron chi connectivity index (χ4n) is 3.56. The van der Waals surface area contributed by atoms with Crippen molar-refractivity contribution < 1.29 is 29.0 Å². The summed E-state index contributed by atoms with van der Waals surface area (Å²) < 4.78 is 11.1.